The van der Waals surface area contributed by atoms with E-state index in [2.05, 4.69) is 36.4 Å². The van der Waals surface area contributed by atoms with Gasteiger partial charge in [-0.15, -0.1) is 5.10 Å². The molecule has 1 N–H and O–H groups in total. The number of nitrogens with zero attached hydrogens (tertiary/aromatic N) is 3. The molecule has 2 rings (SSSR count). The third-order valence-electron chi connectivity index (χ3n) is 2.81. The first-order chi connectivity index (χ1) is 9.83. The second-order valence-electron chi connectivity index (χ2n) is 6.42. The van der Waals surface area contributed by atoms with E-state index in [1.54, 1.807) is 4.68 Å². The van der Waals surface area contributed by atoms with Crippen molar-refractivity contribution in [2.75, 3.05) is 0 Å². The Morgan fingerprint density at radius 2 is 1.86 bits per heavy atom. The van der Waals surface area contributed by atoms with Crippen LogP contribution in [0.1, 0.15) is 40.3 Å². The van der Waals surface area contributed by atoms with Crippen LogP contribution in [0.2, 0.25) is 0 Å². The molecule has 0 saturated heterocycles. The lowest BCUT2D eigenvalue weighted by atomic mass is 10.1. The van der Waals surface area contributed by atoms with Crippen molar-refractivity contribution in [1.82, 2.24) is 20.3 Å². The normalized spacial score (nSPS) is 11.9. The molecule has 0 radical (unpaired) electrons. The minimum atomic E-state index is 0.0691. The largest absolute Gasteiger partial charge is 0.491 e. The first kappa shape index (κ1) is 15.5. The Bertz CT molecular complexity index is 567. The first-order valence-corrected chi connectivity index (χ1v) is 7.27. The van der Waals surface area contributed by atoms with Crippen LogP contribution in [0.25, 0.3) is 5.69 Å². The number of ether oxygens (including phenoxy) is 1. The average molecular weight is 288 g/mol. The van der Waals surface area contributed by atoms with Gasteiger partial charge in [0.05, 0.1) is 23.7 Å². The highest BCUT2D eigenvalue weighted by Crippen LogP contribution is 2.16. The van der Waals surface area contributed by atoms with E-state index in [0.717, 1.165) is 17.1 Å². The molecule has 0 aliphatic heterocycles. The molecule has 0 unspecified atom stereocenters. The molecule has 1 aromatic heterocycles. The highest BCUT2D eigenvalue weighted by atomic mass is 16.5. The highest BCUT2D eigenvalue weighted by molar-refractivity contribution is 5.36. The van der Waals surface area contributed by atoms with Crippen molar-refractivity contribution in [3.63, 3.8) is 0 Å². The predicted molar refractivity (Wildman–Crippen MR) is 83.7 cm³/mol. The molecule has 1 aromatic carbocycles. The number of hydrogen-bond donors (Lipinski definition) is 1. The summed E-state index contributed by atoms with van der Waals surface area (Å²) < 4.78 is 7.41. The van der Waals surface area contributed by atoms with Crippen molar-refractivity contribution in [2.24, 2.45) is 0 Å². The third-order valence-corrected chi connectivity index (χ3v) is 2.81. The minimum Gasteiger partial charge on any atom is -0.491 e. The summed E-state index contributed by atoms with van der Waals surface area (Å²) in [4.78, 5) is 0. The van der Waals surface area contributed by atoms with Crippen molar-refractivity contribution in [1.29, 1.82) is 0 Å². The van der Waals surface area contributed by atoms with Crippen LogP contribution in [-0.4, -0.2) is 26.6 Å². The number of benzene rings is 1. The molecule has 0 amide bonds. The Morgan fingerprint density at radius 1 is 1.19 bits per heavy atom. The Kier molecular flexibility index (Phi) is 4.63. The molecule has 5 nitrogen and oxygen atoms in total. The Labute approximate surface area is 126 Å². The minimum absolute atomic E-state index is 0.0691. The maximum atomic E-state index is 5.63. The zero-order chi connectivity index (χ0) is 15.5. The number of aromatic nitrogens is 3. The Hall–Kier alpha value is -1.88. The van der Waals surface area contributed by atoms with Crippen molar-refractivity contribution in [3.05, 3.63) is 36.2 Å². The van der Waals surface area contributed by atoms with Crippen LogP contribution in [0.4, 0.5) is 0 Å². The van der Waals surface area contributed by atoms with Crippen LogP contribution < -0.4 is 10.1 Å². The fraction of sp³-hybridized carbons (Fsp3) is 0.500. The standard InChI is InChI=1S/C16H24N4O/c1-12(2)21-15-8-6-14(7-9-15)20-11-13(18-19-20)10-17-16(3,4)5/h6-9,11-12,17H,10H2,1-5H3. The lowest BCUT2D eigenvalue weighted by molar-refractivity contribution is 0.242. The molecule has 0 aliphatic carbocycles. The van der Waals surface area contributed by atoms with Crippen LogP contribution in [0.3, 0.4) is 0 Å². The van der Waals surface area contributed by atoms with Gasteiger partial charge in [-0.05, 0) is 58.9 Å². The molecule has 5 heteroatoms. The van der Waals surface area contributed by atoms with Gasteiger partial charge >= 0.3 is 0 Å². The summed E-state index contributed by atoms with van der Waals surface area (Å²) in [6.45, 7) is 11.1. The van der Waals surface area contributed by atoms with Crippen LogP contribution in [-0.2, 0) is 6.54 Å². The van der Waals surface area contributed by atoms with Crippen LogP contribution in [0, 0.1) is 0 Å². The van der Waals surface area contributed by atoms with Gasteiger partial charge in [-0.3, -0.25) is 0 Å². The first-order valence-electron chi connectivity index (χ1n) is 7.27. The maximum Gasteiger partial charge on any atom is 0.119 e. The van der Waals surface area contributed by atoms with Gasteiger partial charge in [0.15, 0.2) is 0 Å². The van der Waals surface area contributed by atoms with Crippen LogP contribution in [0.5, 0.6) is 5.75 Å². The van der Waals surface area contributed by atoms with E-state index < -0.39 is 0 Å². The number of hydrogen-bond acceptors (Lipinski definition) is 4. The molecule has 0 atom stereocenters. The summed E-state index contributed by atoms with van der Waals surface area (Å²) in [6, 6.07) is 7.86. The van der Waals surface area contributed by atoms with Crippen molar-refractivity contribution >= 4 is 0 Å². The molecule has 0 aliphatic rings. The highest BCUT2D eigenvalue weighted by Gasteiger charge is 2.10. The van der Waals surface area contributed by atoms with E-state index in [1.165, 1.54) is 0 Å². The smallest absolute Gasteiger partial charge is 0.119 e. The molecule has 1 heterocycles. The molecule has 0 saturated carbocycles. The molecule has 0 spiro atoms. The van der Waals surface area contributed by atoms with Gasteiger partial charge in [0.1, 0.15) is 5.75 Å². The van der Waals surface area contributed by atoms with Gasteiger partial charge in [0.25, 0.3) is 0 Å². The molecular formula is C16H24N4O. The van der Waals surface area contributed by atoms with Gasteiger partial charge in [-0.25, -0.2) is 4.68 Å². The lowest BCUT2D eigenvalue weighted by Crippen LogP contribution is -2.35. The van der Waals surface area contributed by atoms with E-state index in [4.69, 9.17) is 4.74 Å². The average Bonchev–Trinajstić information content (AvgIpc) is 2.84. The molecular weight excluding hydrogens is 264 g/mol. The van der Waals surface area contributed by atoms with Gasteiger partial charge in [-0.2, -0.15) is 0 Å². The SMILES string of the molecule is CC(C)Oc1ccc(-n2cc(CNC(C)(C)C)nn2)cc1. The maximum absolute atomic E-state index is 5.63. The van der Waals surface area contributed by atoms with E-state index in [9.17, 15) is 0 Å². The van der Waals surface area contributed by atoms with Crippen LogP contribution in [0.15, 0.2) is 30.5 Å². The summed E-state index contributed by atoms with van der Waals surface area (Å²) in [5.74, 6) is 0.864. The zero-order valence-corrected chi connectivity index (χ0v) is 13.4. The summed E-state index contributed by atoms with van der Waals surface area (Å²) in [5.41, 5.74) is 1.97. The number of nitrogens with one attached hydrogen (secondary N) is 1. The van der Waals surface area contributed by atoms with Crippen molar-refractivity contribution in [2.45, 2.75) is 52.8 Å². The van der Waals surface area contributed by atoms with E-state index in [1.807, 2.05) is 44.3 Å². The van der Waals surface area contributed by atoms with E-state index in [-0.39, 0.29) is 11.6 Å². The molecule has 2 aromatic rings. The third kappa shape index (κ3) is 4.86. The van der Waals surface area contributed by atoms with Gasteiger partial charge in [0, 0.05) is 12.1 Å². The lowest BCUT2D eigenvalue weighted by Gasteiger charge is -2.19. The number of rotatable bonds is 5. The molecule has 0 fully saturated rings. The van der Waals surface area contributed by atoms with Gasteiger partial charge < -0.3 is 10.1 Å². The Balaban J connectivity index is 2.03. The van der Waals surface area contributed by atoms with Gasteiger partial charge in [-0.1, -0.05) is 5.21 Å². The van der Waals surface area contributed by atoms with E-state index >= 15 is 0 Å². The van der Waals surface area contributed by atoms with E-state index in [0.29, 0.717) is 6.54 Å². The molecule has 114 valence electrons. The fourth-order valence-corrected chi connectivity index (χ4v) is 1.81. The summed E-state index contributed by atoms with van der Waals surface area (Å²) in [6.07, 6.45) is 2.12. The van der Waals surface area contributed by atoms with Crippen molar-refractivity contribution in [3.8, 4) is 11.4 Å². The monoisotopic (exact) mass is 288 g/mol. The fourth-order valence-electron chi connectivity index (χ4n) is 1.81. The second-order valence-corrected chi connectivity index (χ2v) is 6.42. The topological polar surface area (TPSA) is 52.0 Å². The van der Waals surface area contributed by atoms with Crippen molar-refractivity contribution < 1.29 is 4.74 Å². The molecule has 21 heavy (non-hydrogen) atoms. The molecule has 0 bridgehead atoms. The summed E-state index contributed by atoms with van der Waals surface area (Å²) in [5, 5.41) is 11.7. The van der Waals surface area contributed by atoms with Crippen LogP contribution >= 0.6 is 0 Å². The van der Waals surface area contributed by atoms with Gasteiger partial charge in [0.2, 0.25) is 0 Å². The summed E-state index contributed by atoms with van der Waals surface area (Å²) in [7, 11) is 0. The quantitative estimate of drug-likeness (QED) is 0.919. The zero-order valence-electron chi connectivity index (χ0n) is 13.4. The predicted octanol–water partition coefficient (Wildman–Crippen LogP) is 2.94. The summed E-state index contributed by atoms with van der Waals surface area (Å²) >= 11 is 0. The Morgan fingerprint density at radius 3 is 2.43 bits per heavy atom. The second kappa shape index (κ2) is 6.26.